The fraction of sp³-hybridized carbons (Fsp3) is 0.643. The average molecular weight is 630 g/mol. The molecule has 0 spiro atoms. The van der Waals surface area contributed by atoms with Crippen LogP contribution in [0.15, 0.2) is 30.9 Å². The highest BCUT2D eigenvalue weighted by Gasteiger charge is 2.41. The topological polar surface area (TPSA) is 112 Å². The maximum atomic E-state index is 14.0. The second-order valence-electron chi connectivity index (χ2n) is 12.6. The van der Waals surface area contributed by atoms with E-state index >= 15 is 0 Å². The number of hydrogen-bond acceptors (Lipinski definition) is 6. The van der Waals surface area contributed by atoms with E-state index in [9.17, 15) is 31.3 Å². The lowest BCUT2D eigenvalue weighted by molar-refractivity contribution is -0.137. The van der Waals surface area contributed by atoms with E-state index in [2.05, 4.69) is 20.2 Å². The van der Waals surface area contributed by atoms with Gasteiger partial charge in [-0.15, -0.1) is 4.72 Å². The molecule has 236 valence electrons. The number of nitrogens with zero attached hydrogens (tertiary/aromatic N) is 5. The van der Waals surface area contributed by atoms with Crippen molar-refractivity contribution < 1.29 is 31.3 Å². The van der Waals surface area contributed by atoms with Gasteiger partial charge in [0.15, 0.2) is 5.65 Å². The van der Waals surface area contributed by atoms with Gasteiger partial charge < -0.3 is 9.87 Å². The van der Waals surface area contributed by atoms with Crippen molar-refractivity contribution in [3.63, 3.8) is 0 Å². The second-order valence-corrected chi connectivity index (χ2v) is 14.6. The van der Waals surface area contributed by atoms with Crippen LogP contribution in [0.25, 0.3) is 5.65 Å². The summed E-state index contributed by atoms with van der Waals surface area (Å²) in [5.74, 6) is -3.40. The Morgan fingerprint density at radius 3 is 2.37 bits per heavy atom. The largest absolute Gasteiger partial charge is 0.598 e. The van der Waals surface area contributed by atoms with Crippen LogP contribution in [-0.2, 0) is 17.9 Å². The molecule has 2 saturated carbocycles. The third kappa shape index (κ3) is 8.04. The fourth-order valence-electron chi connectivity index (χ4n) is 5.29. The van der Waals surface area contributed by atoms with Gasteiger partial charge in [0.1, 0.15) is 4.75 Å². The van der Waals surface area contributed by atoms with Crippen molar-refractivity contribution in [3.8, 4) is 0 Å². The Bertz CT molecular complexity index is 1420. The van der Waals surface area contributed by atoms with Crippen LogP contribution < -0.4 is 10.0 Å². The highest BCUT2D eigenvalue weighted by Crippen LogP contribution is 2.43. The van der Waals surface area contributed by atoms with Crippen molar-refractivity contribution in [2.24, 2.45) is 11.8 Å². The fourth-order valence-corrected chi connectivity index (χ4v) is 6.20. The number of nitrogens with one attached hydrogen (secondary N) is 2. The normalized spacial score (nSPS) is 20.2. The van der Waals surface area contributed by atoms with Gasteiger partial charge in [-0.1, -0.05) is 0 Å². The van der Waals surface area contributed by atoms with E-state index in [1.807, 2.05) is 26.8 Å². The van der Waals surface area contributed by atoms with E-state index < -0.39 is 53.1 Å². The summed E-state index contributed by atoms with van der Waals surface area (Å²) in [6.45, 7) is 5.25. The van der Waals surface area contributed by atoms with Gasteiger partial charge >= 0.3 is 6.18 Å². The zero-order chi connectivity index (χ0) is 31.2. The summed E-state index contributed by atoms with van der Waals surface area (Å²) in [7, 11) is 0. The highest BCUT2D eigenvalue weighted by molar-refractivity contribution is 7.90. The number of halogens is 5. The maximum Gasteiger partial charge on any atom is 0.390 e. The molecule has 0 radical (unpaired) electrons. The number of alkyl halides is 5. The first-order chi connectivity index (χ1) is 20.1. The van der Waals surface area contributed by atoms with Crippen molar-refractivity contribution >= 4 is 22.9 Å². The van der Waals surface area contributed by atoms with Crippen molar-refractivity contribution in [2.45, 2.75) is 101 Å². The zero-order valence-electron chi connectivity index (χ0n) is 24.2. The molecular weight excluding hydrogens is 593 g/mol. The van der Waals surface area contributed by atoms with Crippen LogP contribution in [0.4, 0.5) is 22.0 Å². The van der Waals surface area contributed by atoms with Gasteiger partial charge in [-0.2, -0.15) is 23.4 Å². The SMILES string of the molecule is CC(C)(C)[S@+]([O-])NC(c1cnn2cc([C@@H](NC(=O)c3cnn(CCC(F)(F)F)c3)C3CCC(F)(F)CC3)nc2c1)C1CC1. The standard InChI is InChI=1S/C28H36F5N7O2S/c1-26(2,3)43(42)38-23(17-4-5-17)19-12-22-36-21(16-40(22)35-13-19)24(18-6-8-27(29,30)9-7-18)37-25(41)20-14-34-39(15-20)11-10-28(31,32)33/h12-18,23-24,38H,4-11H2,1-3H3,(H,37,41)/t23?,24-,43-/m0/s1. The van der Waals surface area contributed by atoms with Crippen LogP contribution in [0.3, 0.4) is 0 Å². The first kappa shape index (κ1) is 31.6. The Kier molecular flexibility index (Phi) is 8.80. The molecule has 3 aromatic heterocycles. The lowest BCUT2D eigenvalue weighted by Crippen LogP contribution is -2.41. The van der Waals surface area contributed by atoms with Crippen molar-refractivity contribution in [1.29, 1.82) is 0 Å². The van der Waals surface area contributed by atoms with Gasteiger partial charge in [0.05, 0.1) is 48.4 Å². The number of hydrogen-bond donors (Lipinski definition) is 2. The van der Waals surface area contributed by atoms with Crippen LogP contribution in [0.2, 0.25) is 0 Å². The van der Waals surface area contributed by atoms with Crippen LogP contribution in [0.5, 0.6) is 0 Å². The molecule has 2 N–H and O–H groups in total. The Hall–Kier alpha value is -2.78. The van der Waals surface area contributed by atoms with Crippen LogP contribution in [0, 0.1) is 11.8 Å². The molecule has 0 bridgehead atoms. The van der Waals surface area contributed by atoms with Gasteiger partial charge in [0, 0.05) is 36.9 Å². The molecule has 3 heterocycles. The molecule has 0 saturated heterocycles. The van der Waals surface area contributed by atoms with E-state index in [4.69, 9.17) is 4.98 Å². The Labute approximate surface area is 249 Å². The maximum absolute atomic E-state index is 14.0. The molecule has 5 rings (SSSR count). The number of carbonyl (C=O) groups excluding carboxylic acids is 1. The molecule has 2 aliphatic carbocycles. The molecule has 0 aromatic carbocycles. The molecule has 9 nitrogen and oxygen atoms in total. The number of aromatic nitrogens is 5. The Morgan fingerprint density at radius 2 is 1.74 bits per heavy atom. The molecule has 1 unspecified atom stereocenters. The highest BCUT2D eigenvalue weighted by atomic mass is 32.2. The number of imidazole rings is 1. The van der Waals surface area contributed by atoms with E-state index in [0.717, 1.165) is 23.1 Å². The third-order valence-corrected chi connectivity index (χ3v) is 9.54. The zero-order valence-corrected chi connectivity index (χ0v) is 25.0. The second kappa shape index (κ2) is 12.0. The summed E-state index contributed by atoms with van der Waals surface area (Å²) in [4.78, 5) is 17.9. The molecule has 0 aliphatic heterocycles. The number of carbonyl (C=O) groups is 1. The first-order valence-corrected chi connectivity index (χ1v) is 15.5. The minimum atomic E-state index is -4.36. The smallest absolute Gasteiger partial charge is 0.390 e. The number of amides is 1. The molecule has 43 heavy (non-hydrogen) atoms. The molecule has 3 atom stereocenters. The lowest BCUT2D eigenvalue weighted by atomic mass is 9.81. The monoisotopic (exact) mass is 629 g/mol. The summed E-state index contributed by atoms with van der Waals surface area (Å²) in [6.07, 6.45) is 1.96. The molecule has 15 heteroatoms. The third-order valence-electron chi connectivity index (χ3n) is 7.96. The molecule has 3 aromatic rings. The van der Waals surface area contributed by atoms with Crippen LogP contribution in [-0.4, -0.2) is 51.7 Å². The van der Waals surface area contributed by atoms with E-state index in [0.29, 0.717) is 17.3 Å². The van der Waals surface area contributed by atoms with E-state index in [1.54, 1.807) is 16.9 Å². The van der Waals surface area contributed by atoms with Crippen LogP contribution >= 0.6 is 0 Å². The summed E-state index contributed by atoms with van der Waals surface area (Å²) < 4.78 is 84.2. The minimum Gasteiger partial charge on any atom is -0.598 e. The predicted octanol–water partition coefficient (Wildman–Crippen LogP) is 5.68. The van der Waals surface area contributed by atoms with Gasteiger partial charge in [-0.05, 0) is 69.9 Å². The van der Waals surface area contributed by atoms with Gasteiger partial charge in [0.25, 0.3) is 5.91 Å². The number of fused-ring (bicyclic) bond motifs is 1. The Morgan fingerprint density at radius 1 is 1.07 bits per heavy atom. The van der Waals surface area contributed by atoms with E-state index in [1.165, 1.54) is 12.4 Å². The molecule has 2 aliphatic rings. The average Bonchev–Trinajstić information content (AvgIpc) is 3.48. The predicted molar refractivity (Wildman–Crippen MR) is 149 cm³/mol. The summed E-state index contributed by atoms with van der Waals surface area (Å²) in [5, 5.41) is 11.3. The minimum absolute atomic E-state index is 0.0580. The molecule has 2 fully saturated rings. The van der Waals surface area contributed by atoms with Crippen molar-refractivity contribution in [3.05, 3.63) is 47.7 Å². The first-order valence-electron chi connectivity index (χ1n) is 14.4. The summed E-state index contributed by atoms with van der Waals surface area (Å²) >= 11 is -1.30. The van der Waals surface area contributed by atoms with Crippen molar-refractivity contribution in [1.82, 2.24) is 34.4 Å². The lowest BCUT2D eigenvalue weighted by Gasteiger charge is -2.33. The number of rotatable bonds is 10. The summed E-state index contributed by atoms with van der Waals surface area (Å²) in [6, 6.07) is 0.936. The quantitative estimate of drug-likeness (QED) is 0.221. The number of aryl methyl sites for hydroxylation is 1. The van der Waals surface area contributed by atoms with E-state index in [-0.39, 0.29) is 43.2 Å². The Balaban J connectivity index is 1.39. The van der Waals surface area contributed by atoms with Gasteiger partial charge in [-0.3, -0.25) is 9.48 Å². The van der Waals surface area contributed by atoms with Gasteiger partial charge in [0.2, 0.25) is 5.92 Å². The van der Waals surface area contributed by atoms with Gasteiger partial charge in [-0.25, -0.2) is 18.3 Å². The molecule has 1 amide bonds. The molecular formula is C28H36F5N7O2S. The van der Waals surface area contributed by atoms with Crippen molar-refractivity contribution in [2.75, 3.05) is 0 Å². The van der Waals surface area contributed by atoms with Crippen LogP contribution in [0.1, 0.15) is 99.4 Å². The summed E-state index contributed by atoms with van der Waals surface area (Å²) in [5.41, 5.74) is 1.81.